The number of nitrogens with zero attached hydrogens (tertiary/aromatic N) is 1. The Morgan fingerprint density at radius 3 is 3.00 bits per heavy atom. The van der Waals surface area contributed by atoms with Gasteiger partial charge in [-0.15, -0.1) is 0 Å². The highest BCUT2D eigenvalue weighted by Gasteiger charge is 2.20. The van der Waals surface area contributed by atoms with Gasteiger partial charge >= 0.3 is 0 Å². The lowest BCUT2D eigenvalue weighted by Gasteiger charge is -2.06. The van der Waals surface area contributed by atoms with Gasteiger partial charge in [-0.05, 0) is 30.9 Å². The van der Waals surface area contributed by atoms with Crippen LogP contribution in [0.1, 0.15) is 18.5 Å². The van der Waals surface area contributed by atoms with E-state index in [1.807, 2.05) is 0 Å². The van der Waals surface area contributed by atoms with Crippen LogP contribution in [-0.2, 0) is 16.0 Å². The van der Waals surface area contributed by atoms with Crippen LogP contribution >= 0.6 is 0 Å². The van der Waals surface area contributed by atoms with E-state index in [1.165, 1.54) is 12.8 Å². The number of ether oxygens (including phenoxy) is 1. The smallest absolute Gasteiger partial charge is 0.226 e. The summed E-state index contributed by atoms with van der Waals surface area (Å²) in [5.41, 5.74) is 6.85. The zero-order valence-corrected chi connectivity index (χ0v) is 10.4. The van der Waals surface area contributed by atoms with Crippen molar-refractivity contribution in [3.63, 3.8) is 0 Å². The van der Waals surface area contributed by atoms with E-state index < -0.39 is 0 Å². The first-order chi connectivity index (χ1) is 8.74. The minimum atomic E-state index is -0.0395. The summed E-state index contributed by atoms with van der Waals surface area (Å²) in [5, 5.41) is 2.80. The molecule has 0 atom stereocenters. The number of carbonyl (C=O) groups is 1. The van der Waals surface area contributed by atoms with Gasteiger partial charge in [-0.2, -0.15) is 0 Å². The SMILES string of the molecule is Nc1ccc(CC(=O)NCCOCC2CC2)nc1. The summed E-state index contributed by atoms with van der Waals surface area (Å²) in [5.74, 6) is 0.724. The summed E-state index contributed by atoms with van der Waals surface area (Å²) in [6.07, 6.45) is 4.41. The van der Waals surface area contributed by atoms with Gasteiger partial charge in [0.1, 0.15) is 0 Å². The number of carbonyl (C=O) groups excluding carboxylic acids is 1. The summed E-state index contributed by atoms with van der Waals surface area (Å²) in [4.78, 5) is 15.6. The lowest BCUT2D eigenvalue weighted by Crippen LogP contribution is -2.29. The van der Waals surface area contributed by atoms with Gasteiger partial charge in [0.15, 0.2) is 0 Å². The Balaban J connectivity index is 1.57. The molecule has 3 N–H and O–H groups in total. The fourth-order valence-electron chi connectivity index (χ4n) is 1.56. The number of amides is 1. The summed E-state index contributed by atoms with van der Waals surface area (Å²) in [6, 6.07) is 3.51. The highest BCUT2D eigenvalue weighted by atomic mass is 16.5. The molecule has 1 aliphatic rings. The van der Waals surface area contributed by atoms with Crippen molar-refractivity contribution in [2.24, 2.45) is 5.92 Å². The number of rotatable bonds is 7. The maximum Gasteiger partial charge on any atom is 0.226 e. The number of pyridine rings is 1. The zero-order chi connectivity index (χ0) is 12.8. The number of aromatic nitrogens is 1. The van der Waals surface area contributed by atoms with Gasteiger partial charge in [0.05, 0.1) is 24.9 Å². The first kappa shape index (κ1) is 12.8. The molecule has 0 spiro atoms. The molecule has 0 radical (unpaired) electrons. The van der Waals surface area contributed by atoms with Crippen molar-refractivity contribution in [1.82, 2.24) is 10.3 Å². The lowest BCUT2D eigenvalue weighted by atomic mass is 10.2. The monoisotopic (exact) mass is 249 g/mol. The Morgan fingerprint density at radius 1 is 1.50 bits per heavy atom. The number of nitrogens with two attached hydrogens (primary N) is 1. The Labute approximate surface area is 107 Å². The van der Waals surface area contributed by atoms with Gasteiger partial charge in [0, 0.05) is 18.8 Å². The highest BCUT2D eigenvalue weighted by Crippen LogP contribution is 2.28. The Kier molecular flexibility index (Phi) is 4.52. The van der Waals surface area contributed by atoms with Gasteiger partial charge in [0.2, 0.25) is 5.91 Å². The van der Waals surface area contributed by atoms with Gasteiger partial charge in [-0.25, -0.2) is 0 Å². The predicted molar refractivity (Wildman–Crippen MR) is 68.9 cm³/mol. The molecule has 1 heterocycles. The Bertz CT molecular complexity index is 388. The minimum Gasteiger partial charge on any atom is -0.397 e. The number of anilines is 1. The van der Waals surface area contributed by atoms with Crippen LogP contribution in [0.15, 0.2) is 18.3 Å². The normalized spacial score (nSPS) is 14.4. The molecule has 1 saturated carbocycles. The maximum atomic E-state index is 11.6. The third-order valence-electron chi connectivity index (χ3n) is 2.81. The van der Waals surface area contributed by atoms with Crippen molar-refractivity contribution in [3.05, 3.63) is 24.0 Å². The zero-order valence-electron chi connectivity index (χ0n) is 10.4. The largest absolute Gasteiger partial charge is 0.397 e. The van der Waals surface area contributed by atoms with Crippen LogP contribution in [0.4, 0.5) is 5.69 Å². The molecule has 0 bridgehead atoms. The van der Waals surface area contributed by atoms with E-state index in [2.05, 4.69) is 10.3 Å². The molecule has 98 valence electrons. The number of hydrogen-bond acceptors (Lipinski definition) is 4. The molecule has 18 heavy (non-hydrogen) atoms. The van der Waals surface area contributed by atoms with Gasteiger partial charge < -0.3 is 15.8 Å². The third kappa shape index (κ3) is 4.71. The van der Waals surface area contributed by atoms with Gasteiger partial charge in [-0.1, -0.05) is 0 Å². The summed E-state index contributed by atoms with van der Waals surface area (Å²) in [6.45, 7) is 1.97. The molecule has 0 unspecified atom stereocenters. The molecule has 5 nitrogen and oxygen atoms in total. The second-order valence-corrected chi connectivity index (χ2v) is 4.63. The number of nitrogen functional groups attached to an aromatic ring is 1. The molecule has 1 amide bonds. The molecule has 1 aromatic rings. The van der Waals surface area contributed by atoms with Crippen molar-refractivity contribution in [2.75, 3.05) is 25.5 Å². The average Bonchev–Trinajstić information content (AvgIpc) is 3.16. The van der Waals surface area contributed by atoms with E-state index in [4.69, 9.17) is 10.5 Å². The highest BCUT2D eigenvalue weighted by molar-refractivity contribution is 5.78. The van der Waals surface area contributed by atoms with Crippen LogP contribution in [-0.4, -0.2) is 30.6 Å². The van der Waals surface area contributed by atoms with E-state index in [0.717, 1.165) is 18.2 Å². The first-order valence-corrected chi connectivity index (χ1v) is 6.29. The van der Waals surface area contributed by atoms with Crippen LogP contribution in [0.3, 0.4) is 0 Å². The summed E-state index contributed by atoms with van der Waals surface area (Å²) in [7, 11) is 0. The van der Waals surface area contributed by atoms with Gasteiger partial charge in [0.25, 0.3) is 0 Å². The van der Waals surface area contributed by atoms with Crippen LogP contribution in [0.5, 0.6) is 0 Å². The van der Waals surface area contributed by atoms with Crippen LogP contribution in [0.25, 0.3) is 0 Å². The molecule has 0 saturated heterocycles. The first-order valence-electron chi connectivity index (χ1n) is 6.29. The van der Waals surface area contributed by atoms with Crippen LogP contribution < -0.4 is 11.1 Å². The lowest BCUT2D eigenvalue weighted by molar-refractivity contribution is -0.120. The average molecular weight is 249 g/mol. The topological polar surface area (TPSA) is 77.2 Å². The predicted octanol–water partition coefficient (Wildman–Crippen LogP) is 0.749. The standard InChI is InChI=1S/C13H19N3O2/c14-11-3-4-12(16-8-11)7-13(17)15-5-6-18-9-10-1-2-10/h3-4,8,10H,1-2,5-7,9,14H2,(H,15,17). The van der Waals surface area contributed by atoms with E-state index >= 15 is 0 Å². The van der Waals surface area contributed by atoms with Crippen molar-refractivity contribution in [1.29, 1.82) is 0 Å². The van der Waals surface area contributed by atoms with Crippen LogP contribution in [0.2, 0.25) is 0 Å². The molecule has 2 rings (SSSR count). The van der Waals surface area contributed by atoms with Gasteiger partial charge in [-0.3, -0.25) is 9.78 Å². The van der Waals surface area contributed by atoms with Crippen molar-refractivity contribution >= 4 is 11.6 Å². The molecule has 5 heteroatoms. The molecule has 1 fully saturated rings. The number of nitrogens with one attached hydrogen (secondary N) is 1. The molecular weight excluding hydrogens is 230 g/mol. The molecule has 0 aromatic carbocycles. The summed E-state index contributed by atoms with van der Waals surface area (Å²) < 4.78 is 5.43. The van der Waals surface area contributed by atoms with E-state index in [1.54, 1.807) is 18.3 Å². The fourth-order valence-corrected chi connectivity index (χ4v) is 1.56. The quantitative estimate of drug-likeness (QED) is 0.699. The summed E-state index contributed by atoms with van der Waals surface area (Å²) >= 11 is 0. The van der Waals surface area contributed by atoms with Crippen molar-refractivity contribution in [2.45, 2.75) is 19.3 Å². The van der Waals surface area contributed by atoms with Crippen molar-refractivity contribution < 1.29 is 9.53 Å². The molecule has 0 aliphatic heterocycles. The van der Waals surface area contributed by atoms with E-state index in [0.29, 0.717) is 18.8 Å². The fraction of sp³-hybridized carbons (Fsp3) is 0.538. The minimum absolute atomic E-state index is 0.0395. The second-order valence-electron chi connectivity index (χ2n) is 4.63. The third-order valence-corrected chi connectivity index (χ3v) is 2.81. The van der Waals surface area contributed by atoms with Crippen LogP contribution in [0, 0.1) is 5.92 Å². The maximum absolute atomic E-state index is 11.6. The van der Waals surface area contributed by atoms with E-state index in [-0.39, 0.29) is 12.3 Å². The second kappa shape index (κ2) is 6.35. The van der Waals surface area contributed by atoms with Crippen molar-refractivity contribution in [3.8, 4) is 0 Å². The Morgan fingerprint density at radius 2 is 2.33 bits per heavy atom. The molecule has 1 aliphatic carbocycles. The molecular formula is C13H19N3O2. The Hall–Kier alpha value is -1.62. The number of hydrogen-bond donors (Lipinski definition) is 2. The molecule has 1 aromatic heterocycles. The van der Waals surface area contributed by atoms with E-state index in [9.17, 15) is 4.79 Å².